The van der Waals surface area contributed by atoms with Crippen LogP contribution in [0.15, 0.2) is 24.3 Å². The third kappa shape index (κ3) is 7.59. The molecule has 0 aromatic heterocycles. The molecule has 3 amide bonds. The van der Waals surface area contributed by atoms with E-state index in [1.54, 1.807) is 17.0 Å². The fraction of sp³-hybridized carbons (Fsp3) is 0.621. The fourth-order valence-corrected chi connectivity index (χ4v) is 6.00. The lowest BCUT2D eigenvalue weighted by Crippen LogP contribution is -2.53. The number of carboxylic acid groups (broad SMARTS) is 2. The Labute approximate surface area is 235 Å². The maximum Gasteiger partial charge on any atom is 0.323 e. The zero-order valence-electron chi connectivity index (χ0n) is 23.3. The van der Waals surface area contributed by atoms with Gasteiger partial charge in [0.2, 0.25) is 17.7 Å². The molecular formula is C29H42N4O7. The molecule has 1 saturated carbocycles. The van der Waals surface area contributed by atoms with Crippen LogP contribution < -0.4 is 16.0 Å². The summed E-state index contributed by atoms with van der Waals surface area (Å²) in [5.41, 5.74) is 5.87. The van der Waals surface area contributed by atoms with E-state index in [1.807, 2.05) is 19.1 Å². The maximum atomic E-state index is 13.8. The van der Waals surface area contributed by atoms with Crippen LogP contribution in [0.3, 0.4) is 0 Å². The molecule has 1 aliphatic carbocycles. The number of nitrogens with zero attached hydrogens (tertiary/aromatic N) is 2. The van der Waals surface area contributed by atoms with E-state index in [4.69, 9.17) is 5.73 Å². The summed E-state index contributed by atoms with van der Waals surface area (Å²) in [6, 6.07) is 6.14. The monoisotopic (exact) mass is 558 g/mol. The van der Waals surface area contributed by atoms with Crippen molar-refractivity contribution in [2.45, 2.75) is 77.2 Å². The van der Waals surface area contributed by atoms with Gasteiger partial charge < -0.3 is 26.2 Å². The van der Waals surface area contributed by atoms with Crippen molar-refractivity contribution in [1.29, 1.82) is 0 Å². The molecule has 2 unspecified atom stereocenters. The summed E-state index contributed by atoms with van der Waals surface area (Å²) in [5, 5.41) is 22.4. The molecule has 3 rings (SSSR count). The quantitative estimate of drug-likeness (QED) is 0.252. The smallest absolute Gasteiger partial charge is 0.323 e. The number of carbonyl (C=O) groups is 5. The molecule has 0 saturated heterocycles. The summed E-state index contributed by atoms with van der Waals surface area (Å²) in [6.45, 7) is 2.79. The molecule has 2 atom stereocenters. The summed E-state index contributed by atoms with van der Waals surface area (Å²) in [7, 11) is 0. The Balaban J connectivity index is 1.77. The number of carboxylic acids is 2. The third-order valence-corrected chi connectivity index (χ3v) is 8.21. The summed E-state index contributed by atoms with van der Waals surface area (Å²) in [6.07, 6.45) is 4.47. The van der Waals surface area contributed by atoms with Gasteiger partial charge in [0, 0.05) is 25.2 Å². The molecule has 1 aromatic rings. The second kappa shape index (κ2) is 14.2. The molecule has 0 spiro atoms. The third-order valence-electron chi connectivity index (χ3n) is 8.21. The standard InChI is InChI=1S/C29H42N4O7/c1-2-32(16-8-7-15-30)24(34)17-21(27(38)39)18-29(13-5-6-14-29)28(40)31-22-12-11-20-9-3-4-10-23(20)33(26(22)37)19-25(35)36/h3-4,9-10,21-22H,2,5-8,11-19,30H2,1H3,(H,31,40)(H,35,36)(H,38,39). The highest BCUT2D eigenvalue weighted by molar-refractivity contribution is 6.03. The molecule has 40 heavy (non-hydrogen) atoms. The van der Waals surface area contributed by atoms with Gasteiger partial charge in [-0.05, 0) is 70.0 Å². The average molecular weight is 559 g/mol. The lowest BCUT2D eigenvalue weighted by atomic mass is 9.75. The van der Waals surface area contributed by atoms with Crippen molar-refractivity contribution in [3.63, 3.8) is 0 Å². The van der Waals surface area contributed by atoms with Crippen molar-refractivity contribution in [2.24, 2.45) is 17.1 Å². The Hall–Kier alpha value is -3.47. The first-order valence-electron chi connectivity index (χ1n) is 14.2. The van der Waals surface area contributed by atoms with Gasteiger partial charge >= 0.3 is 11.9 Å². The first-order chi connectivity index (χ1) is 19.1. The predicted octanol–water partition coefficient (Wildman–Crippen LogP) is 2.16. The summed E-state index contributed by atoms with van der Waals surface area (Å²) < 4.78 is 0. The van der Waals surface area contributed by atoms with Crippen LogP contribution in [0.5, 0.6) is 0 Å². The topological polar surface area (TPSA) is 170 Å². The molecule has 11 heteroatoms. The van der Waals surface area contributed by atoms with E-state index in [2.05, 4.69) is 5.32 Å². The Kier molecular flexibility index (Phi) is 11.1. The molecule has 1 aromatic carbocycles. The number of rotatable bonds is 14. The van der Waals surface area contributed by atoms with Gasteiger partial charge in [0.15, 0.2) is 0 Å². The normalized spacial score (nSPS) is 18.9. The first kappa shape index (κ1) is 31.1. The number of hydrogen-bond donors (Lipinski definition) is 4. The number of nitrogens with two attached hydrogens (primary N) is 1. The number of aliphatic carboxylic acids is 2. The van der Waals surface area contributed by atoms with Crippen molar-refractivity contribution in [2.75, 3.05) is 31.1 Å². The number of carbonyl (C=O) groups excluding carboxylic acids is 3. The SMILES string of the molecule is CCN(CCCCN)C(=O)CC(CC1(C(=O)NC2CCc3ccccc3N(CC(=O)O)C2=O)CCCC1)C(=O)O. The fourth-order valence-electron chi connectivity index (χ4n) is 6.00. The molecular weight excluding hydrogens is 516 g/mol. The van der Waals surface area contributed by atoms with Crippen LogP contribution in [0.25, 0.3) is 0 Å². The van der Waals surface area contributed by atoms with Gasteiger partial charge in [0.1, 0.15) is 12.6 Å². The first-order valence-corrected chi connectivity index (χ1v) is 14.2. The highest BCUT2D eigenvalue weighted by Crippen LogP contribution is 2.44. The number of anilines is 1. The van der Waals surface area contributed by atoms with E-state index < -0.39 is 47.7 Å². The Morgan fingerprint density at radius 2 is 1.85 bits per heavy atom. The van der Waals surface area contributed by atoms with Crippen LogP contribution in [0.1, 0.15) is 70.3 Å². The highest BCUT2D eigenvalue weighted by Gasteiger charge is 2.46. The van der Waals surface area contributed by atoms with Gasteiger partial charge in [-0.15, -0.1) is 0 Å². The second-order valence-electron chi connectivity index (χ2n) is 10.9. The Morgan fingerprint density at radius 3 is 2.48 bits per heavy atom. The number of fused-ring (bicyclic) bond motifs is 1. The van der Waals surface area contributed by atoms with E-state index in [-0.39, 0.29) is 18.7 Å². The van der Waals surface area contributed by atoms with Gasteiger partial charge in [-0.3, -0.25) is 28.9 Å². The van der Waals surface area contributed by atoms with E-state index in [1.165, 1.54) is 4.90 Å². The van der Waals surface area contributed by atoms with Gasteiger partial charge in [0.05, 0.1) is 11.3 Å². The minimum atomic E-state index is -1.17. The molecule has 220 valence electrons. The van der Waals surface area contributed by atoms with Crippen LogP contribution in [-0.4, -0.2) is 77.0 Å². The molecule has 2 aliphatic rings. The minimum Gasteiger partial charge on any atom is -0.481 e. The van der Waals surface area contributed by atoms with Gasteiger partial charge in [-0.2, -0.15) is 0 Å². The number of para-hydroxylation sites is 1. The molecule has 0 bridgehead atoms. The van der Waals surface area contributed by atoms with Crippen molar-refractivity contribution >= 4 is 35.3 Å². The van der Waals surface area contributed by atoms with Crippen LogP contribution in [-0.2, 0) is 30.4 Å². The number of amides is 3. The van der Waals surface area contributed by atoms with Crippen molar-refractivity contribution in [3.8, 4) is 0 Å². The molecule has 5 N–H and O–H groups in total. The molecule has 1 fully saturated rings. The van der Waals surface area contributed by atoms with Crippen LogP contribution in [0.2, 0.25) is 0 Å². The molecule has 11 nitrogen and oxygen atoms in total. The zero-order chi connectivity index (χ0) is 29.3. The maximum absolute atomic E-state index is 13.8. The zero-order valence-corrected chi connectivity index (χ0v) is 23.3. The number of hydrogen-bond acceptors (Lipinski definition) is 6. The van der Waals surface area contributed by atoms with Crippen LogP contribution in [0.4, 0.5) is 5.69 Å². The minimum absolute atomic E-state index is 0.000235. The number of benzene rings is 1. The van der Waals surface area contributed by atoms with Crippen molar-refractivity contribution in [3.05, 3.63) is 29.8 Å². The Morgan fingerprint density at radius 1 is 1.15 bits per heavy atom. The van der Waals surface area contributed by atoms with Crippen molar-refractivity contribution < 1.29 is 34.2 Å². The summed E-state index contributed by atoms with van der Waals surface area (Å²) >= 11 is 0. The van der Waals surface area contributed by atoms with E-state index >= 15 is 0 Å². The summed E-state index contributed by atoms with van der Waals surface area (Å²) in [4.78, 5) is 67.0. The number of unbranched alkanes of at least 4 members (excludes halogenated alkanes) is 1. The summed E-state index contributed by atoms with van der Waals surface area (Å²) in [5.74, 6) is -4.51. The van der Waals surface area contributed by atoms with Crippen molar-refractivity contribution in [1.82, 2.24) is 10.2 Å². The second-order valence-corrected chi connectivity index (χ2v) is 10.9. The number of nitrogens with one attached hydrogen (secondary N) is 1. The number of aryl methyl sites for hydroxylation is 1. The van der Waals surface area contributed by atoms with Gasteiger partial charge in [-0.25, -0.2) is 0 Å². The van der Waals surface area contributed by atoms with Gasteiger partial charge in [-0.1, -0.05) is 31.0 Å². The lowest BCUT2D eigenvalue weighted by Gasteiger charge is -2.33. The van der Waals surface area contributed by atoms with E-state index in [9.17, 15) is 34.2 Å². The van der Waals surface area contributed by atoms with Gasteiger partial charge in [0.25, 0.3) is 0 Å². The lowest BCUT2D eigenvalue weighted by molar-refractivity contribution is -0.149. The Bertz CT molecular complexity index is 1090. The highest BCUT2D eigenvalue weighted by atomic mass is 16.4. The van der Waals surface area contributed by atoms with Crippen LogP contribution in [0, 0.1) is 11.3 Å². The largest absolute Gasteiger partial charge is 0.481 e. The van der Waals surface area contributed by atoms with E-state index in [0.29, 0.717) is 51.0 Å². The van der Waals surface area contributed by atoms with Crippen LogP contribution >= 0.6 is 0 Å². The van der Waals surface area contributed by atoms with E-state index in [0.717, 1.165) is 31.2 Å². The molecule has 1 aliphatic heterocycles. The molecule has 0 radical (unpaired) electrons. The predicted molar refractivity (Wildman–Crippen MR) is 148 cm³/mol. The molecule has 1 heterocycles. The average Bonchev–Trinajstić information content (AvgIpc) is 3.36.